The summed E-state index contributed by atoms with van der Waals surface area (Å²) in [6.07, 6.45) is -0.757. The van der Waals surface area contributed by atoms with Crippen molar-refractivity contribution >= 4 is 46.7 Å². The fraction of sp³-hybridized carbons (Fsp3) is 0.200. The third kappa shape index (κ3) is 4.37. The van der Waals surface area contributed by atoms with E-state index in [1.807, 2.05) is 0 Å². The topological polar surface area (TPSA) is 92.8 Å². The summed E-state index contributed by atoms with van der Waals surface area (Å²) in [4.78, 5) is 49.3. The van der Waals surface area contributed by atoms with Gasteiger partial charge in [-0.1, -0.05) is 17.7 Å². The predicted octanol–water partition coefficient (Wildman–Crippen LogP) is 3.18. The number of nitrogens with zero attached hydrogens (tertiary/aromatic N) is 1. The van der Waals surface area contributed by atoms with Crippen LogP contribution in [-0.2, 0) is 19.1 Å². The Morgan fingerprint density at radius 3 is 2.36 bits per heavy atom. The van der Waals surface area contributed by atoms with Gasteiger partial charge in [0, 0.05) is 23.6 Å². The largest absolute Gasteiger partial charge is 0.449 e. The maximum absolute atomic E-state index is 12.4. The second-order valence-electron chi connectivity index (χ2n) is 6.22. The Kier molecular flexibility index (Phi) is 5.75. The van der Waals surface area contributed by atoms with Gasteiger partial charge in [-0.15, -0.1) is 0 Å². The van der Waals surface area contributed by atoms with Gasteiger partial charge in [0.15, 0.2) is 6.10 Å². The smallest absolute Gasteiger partial charge is 0.338 e. The number of halogens is 1. The quantitative estimate of drug-likeness (QED) is 0.614. The van der Waals surface area contributed by atoms with E-state index < -0.39 is 18.0 Å². The number of hydrogen-bond donors (Lipinski definition) is 1. The normalized spacial score (nSPS) is 14.7. The first-order chi connectivity index (χ1) is 13.3. The van der Waals surface area contributed by atoms with Gasteiger partial charge in [0.05, 0.1) is 11.3 Å². The molecule has 0 unspecified atom stereocenters. The zero-order valence-electron chi connectivity index (χ0n) is 15.0. The molecule has 0 radical (unpaired) electrons. The van der Waals surface area contributed by atoms with Crippen LogP contribution < -0.4 is 10.2 Å². The van der Waals surface area contributed by atoms with Crippen molar-refractivity contribution in [1.29, 1.82) is 0 Å². The van der Waals surface area contributed by atoms with E-state index in [2.05, 4.69) is 5.32 Å². The van der Waals surface area contributed by atoms with Crippen molar-refractivity contribution in [2.45, 2.75) is 25.9 Å². The Bertz CT molecular complexity index is 926. The molecule has 1 fully saturated rings. The summed E-state index contributed by atoms with van der Waals surface area (Å²) >= 11 is 5.80. The van der Waals surface area contributed by atoms with Crippen LogP contribution in [0, 0.1) is 0 Å². The average Bonchev–Trinajstić information content (AvgIpc) is 3.01. The standard InChI is InChI=1S/C20H17ClN2O5/c1-12(19(26)22-15-7-5-14(21)6-8-15)28-20(27)13-3-2-4-16(11-13)23-17(24)9-10-18(23)25/h2-8,11-12H,9-10H2,1H3,(H,22,26)/t12-/m1/s1. The number of anilines is 2. The zero-order chi connectivity index (χ0) is 20.3. The molecule has 1 heterocycles. The lowest BCUT2D eigenvalue weighted by molar-refractivity contribution is -0.124. The first kappa shape index (κ1) is 19.6. The number of rotatable bonds is 5. The van der Waals surface area contributed by atoms with Crippen molar-refractivity contribution in [3.63, 3.8) is 0 Å². The molecular formula is C20H17ClN2O5. The Balaban J connectivity index is 1.66. The maximum atomic E-state index is 12.4. The van der Waals surface area contributed by atoms with Crippen molar-refractivity contribution in [2.75, 3.05) is 10.2 Å². The molecule has 1 N–H and O–H groups in total. The number of amides is 3. The molecule has 0 aromatic heterocycles. The minimum atomic E-state index is -1.05. The van der Waals surface area contributed by atoms with E-state index in [4.69, 9.17) is 16.3 Å². The molecule has 0 bridgehead atoms. The fourth-order valence-electron chi connectivity index (χ4n) is 2.70. The van der Waals surface area contributed by atoms with Crippen LogP contribution in [0.25, 0.3) is 0 Å². The van der Waals surface area contributed by atoms with E-state index in [0.29, 0.717) is 16.4 Å². The molecule has 144 valence electrons. The summed E-state index contributed by atoms with van der Waals surface area (Å²) in [5.74, 6) is -1.87. The zero-order valence-corrected chi connectivity index (χ0v) is 15.7. The van der Waals surface area contributed by atoms with Crippen LogP contribution in [0.15, 0.2) is 48.5 Å². The van der Waals surface area contributed by atoms with Crippen LogP contribution >= 0.6 is 11.6 Å². The van der Waals surface area contributed by atoms with Crippen molar-refractivity contribution in [2.24, 2.45) is 0 Å². The highest BCUT2D eigenvalue weighted by Crippen LogP contribution is 2.24. The highest BCUT2D eigenvalue weighted by molar-refractivity contribution is 6.30. The van der Waals surface area contributed by atoms with Crippen molar-refractivity contribution in [3.8, 4) is 0 Å². The molecule has 1 atom stereocenters. The molecule has 0 saturated carbocycles. The number of imide groups is 1. The Hall–Kier alpha value is -3.19. The second-order valence-corrected chi connectivity index (χ2v) is 6.65. The molecule has 28 heavy (non-hydrogen) atoms. The summed E-state index contributed by atoms with van der Waals surface area (Å²) in [5, 5.41) is 3.16. The predicted molar refractivity (Wildman–Crippen MR) is 103 cm³/mol. The first-order valence-corrected chi connectivity index (χ1v) is 8.96. The molecule has 7 nitrogen and oxygen atoms in total. The van der Waals surface area contributed by atoms with Gasteiger partial charge in [0.25, 0.3) is 5.91 Å². The van der Waals surface area contributed by atoms with E-state index >= 15 is 0 Å². The minimum Gasteiger partial charge on any atom is -0.449 e. The molecule has 2 aromatic carbocycles. The Morgan fingerprint density at radius 1 is 1.07 bits per heavy atom. The maximum Gasteiger partial charge on any atom is 0.338 e. The van der Waals surface area contributed by atoms with Gasteiger partial charge in [0.2, 0.25) is 11.8 Å². The van der Waals surface area contributed by atoms with Crippen LogP contribution in [0.1, 0.15) is 30.1 Å². The van der Waals surface area contributed by atoms with Gasteiger partial charge >= 0.3 is 5.97 Å². The van der Waals surface area contributed by atoms with E-state index in [0.717, 1.165) is 4.90 Å². The van der Waals surface area contributed by atoms with Crippen LogP contribution in [0.2, 0.25) is 5.02 Å². The summed E-state index contributed by atoms with van der Waals surface area (Å²) in [7, 11) is 0. The van der Waals surface area contributed by atoms with Gasteiger partial charge < -0.3 is 10.1 Å². The third-order valence-electron chi connectivity index (χ3n) is 4.16. The Labute approximate surface area is 166 Å². The molecular weight excluding hydrogens is 384 g/mol. The van der Waals surface area contributed by atoms with Crippen LogP contribution in [0.4, 0.5) is 11.4 Å². The molecule has 1 aliphatic heterocycles. The molecule has 1 aliphatic rings. The number of carbonyl (C=O) groups excluding carboxylic acids is 4. The lowest BCUT2D eigenvalue weighted by Gasteiger charge is -2.16. The van der Waals surface area contributed by atoms with E-state index in [1.165, 1.54) is 19.1 Å². The van der Waals surface area contributed by atoms with Crippen molar-refractivity contribution < 1.29 is 23.9 Å². The highest BCUT2D eigenvalue weighted by atomic mass is 35.5. The van der Waals surface area contributed by atoms with E-state index in [9.17, 15) is 19.2 Å². The van der Waals surface area contributed by atoms with Gasteiger partial charge in [-0.05, 0) is 49.4 Å². The summed E-state index contributed by atoms with van der Waals surface area (Å²) in [6.45, 7) is 1.44. The number of carbonyl (C=O) groups is 4. The summed E-state index contributed by atoms with van der Waals surface area (Å²) in [5.41, 5.74) is 0.960. The number of nitrogens with one attached hydrogen (secondary N) is 1. The monoisotopic (exact) mass is 400 g/mol. The number of benzene rings is 2. The van der Waals surface area contributed by atoms with Gasteiger partial charge in [-0.25, -0.2) is 4.79 Å². The van der Waals surface area contributed by atoms with Gasteiger partial charge in [-0.3, -0.25) is 19.3 Å². The summed E-state index contributed by atoms with van der Waals surface area (Å²) < 4.78 is 5.20. The van der Waals surface area contributed by atoms with Crippen LogP contribution in [0.3, 0.4) is 0 Å². The third-order valence-corrected chi connectivity index (χ3v) is 4.41. The lowest BCUT2D eigenvalue weighted by Crippen LogP contribution is -2.30. The van der Waals surface area contributed by atoms with E-state index in [-0.39, 0.29) is 30.2 Å². The van der Waals surface area contributed by atoms with E-state index in [1.54, 1.807) is 36.4 Å². The first-order valence-electron chi connectivity index (χ1n) is 8.58. The molecule has 8 heteroatoms. The number of ether oxygens (including phenoxy) is 1. The van der Waals surface area contributed by atoms with Gasteiger partial charge in [-0.2, -0.15) is 0 Å². The molecule has 1 saturated heterocycles. The Morgan fingerprint density at radius 2 is 1.71 bits per heavy atom. The number of hydrogen-bond acceptors (Lipinski definition) is 5. The molecule has 3 amide bonds. The lowest BCUT2D eigenvalue weighted by atomic mass is 10.2. The van der Waals surface area contributed by atoms with Crippen molar-refractivity contribution in [1.82, 2.24) is 0 Å². The fourth-order valence-corrected chi connectivity index (χ4v) is 2.82. The SMILES string of the molecule is C[C@@H](OC(=O)c1cccc(N2C(=O)CCC2=O)c1)C(=O)Nc1ccc(Cl)cc1. The molecule has 0 aliphatic carbocycles. The molecule has 2 aromatic rings. The molecule has 0 spiro atoms. The summed E-state index contributed by atoms with van der Waals surface area (Å²) in [6, 6.07) is 12.5. The van der Waals surface area contributed by atoms with Gasteiger partial charge in [0.1, 0.15) is 0 Å². The number of esters is 1. The van der Waals surface area contributed by atoms with Crippen LogP contribution in [0.5, 0.6) is 0 Å². The highest BCUT2D eigenvalue weighted by Gasteiger charge is 2.30. The molecule has 3 rings (SSSR count). The van der Waals surface area contributed by atoms with Crippen LogP contribution in [-0.4, -0.2) is 29.8 Å². The minimum absolute atomic E-state index is 0.135. The van der Waals surface area contributed by atoms with Crippen molar-refractivity contribution in [3.05, 3.63) is 59.1 Å². The second kappa shape index (κ2) is 8.22. The average molecular weight is 401 g/mol.